The number of carbonyl (C=O) groups excluding carboxylic acids is 1. The monoisotopic (exact) mass is 440 g/mol. The van der Waals surface area contributed by atoms with Gasteiger partial charge in [-0.3, -0.25) is 4.79 Å². The zero-order chi connectivity index (χ0) is 22.6. The Bertz CT molecular complexity index is 1280. The van der Waals surface area contributed by atoms with Crippen LogP contribution >= 0.6 is 0 Å². The van der Waals surface area contributed by atoms with Crippen LogP contribution in [0.15, 0.2) is 66.7 Å². The van der Waals surface area contributed by atoms with E-state index in [0.29, 0.717) is 32.5 Å². The number of carbonyl (C=O) groups is 1. The summed E-state index contributed by atoms with van der Waals surface area (Å²) in [6.45, 7) is 5.49. The van der Waals surface area contributed by atoms with Crippen LogP contribution in [0.4, 0.5) is 5.82 Å². The molecule has 0 bridgehead atoms. The smallest absolute Gasteiger partial charge is 0.222 e. The Hall–Kier alpha value is -3.67. The highest BCUT2D eigenvalue weighted by atomic mass is 16.5. The van der Waals surface area contributed by atoms with E-state index < -0.39 is 0 Å². The van der Waals surface area contributed by atoms with Crippen LogP contribution in [0.1, 0.15) is 18.5 Å². The number of piperazine rings is 1. The molecule has 6 heteroatoms. The predicted molar refractivity (Wildman–Crippen MR) is 132 cm³/mol. The summed E-state index contributed by atoms with van der Waals surface area (Å²) in [5.74, 6) is 1.96. The molecule has 4 aromatic rings. The predicted octanol–water partition coefficient (Wildman–Crippen LogP) is 4.60. The average molecular weight is 441 g/mol. The van der Waals surface area contributed by atoms with Gasteiger partial charge >= 0.3 is 0 Å². The van der Waals surface area contributed by atoms with Gasteiger partial charge in [0.25, 0.3) is 0 Å². The van der Waals surface area contributed by atoms with Gasteiger partial charge in [-0.25, -0.2) is 9.97 Å². The van der Waals surface area contributed by atoms with E-state index in [1.165, 1.54) is 5.39 Å². The lowest BCUT2D eigenvalue weighted by molar-refractivity contribution is -0.131. The standard InChI is InChI=1S/C27H28N4O2/c1-20-27(29-25-10-5-4-9-24(25)28-20)31-16-14-30(15-17-31)26(32)11-6-18-33-23-13-12-21-7-2-3-8-22(21)19-23/h2-5,7-10,12-13,19H,6,11,14-18H2,1H3. The van der Waals surface area contributed by atoms with Crippen LogP contribution in [-0.2, 0) is 4.79 Å². The van der Waals surface area contributed by atoms with E-state index in [-0.39, 0.29) is 5.91 Å². The van der Waals surface area contributed by atoms with Crippen molar-refractivity contribution in [2.45, 2.75) is 19.8 Å². The van der Waals surface area contributed by atoms with Gasteiger partial charge in [0.05, 0.1) is 23.3 Å². The van der Waals surface area contributed by atoms with Gasteiger partial charge in [-0.15, -0.1) is 0 Å². The van der Waals surface area contributed by atoms with Gasteiger partial charge in [0, 0.05) is 32.6 Å². The summed E-state index contributed by atoms with van der Waals surface area (Å²) in [4.78, 5) is 26.4. The molecule has 5 rings (SSSR count). The van der Waals surface area contributed by atoms with Crippen molar-refractivity contribution in [1.82, 2.24) is 14.9 Å². The first-order chi connectivity index (χ1) is 16.2. The number of fused-ring (bicyclic) bond motifs is 2. The van der Waals surface area contributed by atoms with Crippen LogP contribution in [0.25, 0.3) is 21.8 Å². The Labute approximate surface area is 193 Å². The summed E-state index contributed by atoms with van der Waals surface area (Å²) in [7, 11) is 0. The van der Waals surface area contributed by atoms with Crippen LogP contribution in [-0.4, -0.2) is 53.6 Å². The average Bonchev–Trinajstić information content (AvgIpc) is 2.86. The summed E-state index contributed by atoms with van der Waals surface area (Å²) < 4.78 is 5.88. The number of benzene rings is 3. The van der Waals surface area contributed by atoms with Gasteiger partial charge in [0.2, 0.25) is 5.91 Å². The Morgan fingerprint density at radius 3 is 2.36 bits per heavy atom. The lowest BCUT2D eigenvalue weighted by atomic mass is 10.1. The summed E-state index contributed by atoms with van der Waals surface area (Å²) >= 11 is 0. The van der Waals surface area contributed by atoms with Gasteiger partial charge in [0.15, 0.2) is 5.82 Å². The number of hydrogen-bond donors (Lipinski definition) is 0. The van der Waals surface area contributed by atoms with Crippen LogP contribution in [0.2, 0.25) is 0 Å². The number of amides is 1. The quantitative estimate of drug-likeness (QED) is 0.410. The summed E-state index contributed by atoms with van der Waals surface area (Å²) in [5.41, 5.74) is 2.75. The Morgan fingerprint density at radius 2 is 1.58 bits per heavy atom. The minimum absolute atomic E-state index is 0.193. The third-order valence-corrected chi connectivity index (χ3v) is 6.18. The molecule has 168 valence electrons. The molecule has 0 saturated carbocycles. The second-order valence-corrected chi connectivity index (χ2v) is 8.45. The van der Waals surface area contributed by atoms with Crippen molar-refractivity contribution in [2.24, 2.45) is 0 Å². The lowest BCUT2D eigenvalue weighted by Gasteiger charge is -2.36. The molecular weight excluding hydrogens is 412 g/mol. The van der Waals surface area contributed by atoms with Crippen molar-refractivity contribution >= 4 is 33.5 Å². The molecule has 1 aromatic heterocycles. The van der Waals surface area contributed by atoms with E-state index in [2.05, 4.69) is 23.1 Å². The van der Waals surface area contributed by atoms with Crippen molar-refractivity contribution in [3.05, 3.63) is 72.4 Å². The van der Waals surface area contributed by atoms with Crippen molar-refractivity contribution < 1.29 is 9.53 Å². The van der Waals surface area contributed by atoms with Gasteiger partial charge in [-0.1, -0.05) is 42.5 Å². The van der Waals surface area contributed by atoms with Gasteiger partial charge in [0.1, 0.15) is 5.75 Å². The highest BCUT2D eigenvalue weighted by molar-refractivity contribution is 5.83. The molecule has 0 spiro atoms. The normalized spacial score (nSPS) is 14.1. The highest BCUT2D eigenvalue weighted by Crippen LogP contribution is 2.22. The van der Waals surface area contributed by atoms with Crippen molar-refractivity contribution in [1.29, 1.82) is 0 Å². The van der Waals surface area contributed by atoms with Gasteiger partial charge in [-0.2, -0.15) is 0 Å². The van der Waals surface area contributed by atoms with E-state index in [9.17, 15) is 4.79 Å². The molecule has 0 unspecified atom stereocenters. The molecule has 0 radical (unpaired) electrons. The first kappa shape index (κ1) is 21.2. The molecule has 33 heavy (non-hydrogen) atoms. The van der Waals surface area contributed by atoms with Crippen LogP contribution in [0, 0.1) is 6.92 Å². The van der Waals surface area contributed by atoms with E-state index in [4.69, 9.17) is 14.7 Å². The zero-order valence-corrected chi connectivity index (χ0v) is 18.9. The van der Waals surface area contributed by atoms with Crippen LogP contribution in [0.3, 0.4) is 0 Å². The molecule has 0 aliphatic carbocycles. The third kappa shape index (κ3) is 4.75. The van der Waals surface area contributed by atoms with E-state index in [1.54, 1.807) is 0 Å². The van der Waals surface area contributed by atoms with E-state index in [1.807, 2.05) is 60.4 Å². The third-order valence-electron chi connectivity index (χ3n) is 6.18. The number of para-hydroxylation sites is 2. The summed E-state index contributed by atoms with van der Waals surface area (Å²) in [6.07, 6.45) is 1.21. The largest absolute Gasteiger partial charge is 0.494 e. The van der Waals surface area contributed by atoms with Gasteiger partial charge < -0.3 is 14.5 Å². The number of anilines is 1. The van der Waals surface area contributed by atoms with Gasteiger partial charge in [-0.05, 0) is 48.4 Å². The number of ether oxygens (including phenoxy) is 1. The Kier molecular flexibility index (Phi) is 6.07. The number of rotatable bonds is 6. The SMILES string of the molecule is Cc1nc2ccccc2nc1N1CCN(C(=O)CCCOc2ccc3ccccc3c2)CC1. The molecule has 6 nitrogen and oxygen atoms in total. The second-order valence-electron chi connectivity index (χ2n) is 8.45. The lowest BCUT2D eigenvalue weighted by Crippen LogP contribution is -2.49. The minimum atomic E-state index is 0.193. The fourth-order valence-corrected chi connectivity index (χ4v) is 4.37. The molecule has 0 N–H and O–H groups in total. The van der Waals surface area contributed by atoms with Crippen LogP contribution in [0.5, 0.6) is 5.75 Å². The number of hydrogen-bond acceptors (Lipinski definition) is 5. The molecule has 1 aliphatic rings. The maximum Gasteiger partial charge on any atom is 0.222 e. The maximum absolute atomic E-state index is 12.7. The molecule has 1 aliphatic heterocycles. The zero-order valence-electron chi connectivity index (χ0n) is 18.9. The minimum Gasteiger partial charge on any atom is -0.494 e. The molecular formula is C27H28N4O2. The fraction of sp³-hybridized carbons (Fsp3) is 0.296. The molecule has 1 amide bonds. The maximum atomic E-state index is 12.7. The van der Waals surface area contributed by atoms with E-state index >= 15 is 0 Å². The Balaban J connectivity index is 1.10. The summed E-state index contributed by atoms with van der Waals surface area (Å²) in [6, 6.07) is 22.3. The second kappa shape index (κ2) is 9.45. The first-order valence-electron chi connectivity index (χ1n) is 11.5. The van der Waals surface area contributed by atoms with Crippen molar-refractivity contribution in [3.8, 4) is 5.75 Å². The molecule has 2 heterocycles. The molecule has 1 saturated heterocycles. The number of aryl methyl sites for hydroxylation is 1. The highest BCUT2D eigenvalue weighted by Gasteiger charge is 2.23. The molecule has 3 aromatic carbocycles. The Morgan fingerprint density at radius 1 is 0.879 bits per heavy atom. The topological polar surface area (TPSA) is 58.6 Å². The van der Waals surface area contributed by atoms with Crippen molar-refractivity contribution in [3.63, 3.8) is 0 Å². The first-order valence-corrected chi connectivity index (χ1v) is 11.5. The van der Waals surface area contributed by atoms with E-state index in [0.717, 1.165) is 46.8 Å². The van der Waals surface area contributed by atoms with Crippen LogP contribution < -0.4 is 9.64 Å². The summed E-state index contributed by atoms with van der Waals surface area (Å²) in [5, 5.41) is 2.36. The number of nitrogens with zero attached hydrogens (tertiary/aromatic N) is 4. The fourth-order valence-electron chi connectivity index (χ4n) is 4.37. The van der Waals surface area contributed by atoms with Crippen molar-refractivity contribution in [2.75, 3.05) is 37.7 Å². The molecule has 0 atom stereocenters. The molecule has 1 fully saturated rings. The number of aromatic nitrogens is 2.